The number of hydrogen-bond acceptors (Lipinski definition) is 6. The van der Waals surface area contributed by atoms with Gasteiger partial charge < -0.3 is 9.64 Å². The maximum Gasteiger partial charge on any atom is 0.230 e. The average Bonchev–Trinajstić information content (AvgIpc) is 2.48. The predicted octanol–water partition coefficient (Wildman–Crippen LogP) is 2.44. The van der Waals surface area contributed by atoms with Crippen molar-refractivity contribution in [2.75, 3.05) is 25.1 Å². The fourth-order valence-corrected chi connectivity index (χ4v) is 1.92. The molecule has 7 heteroatoms. The smallest absolute Gasteiger partial charge is 0.230 e. The van der Waals surface area contributed by atoms with Crippen LogP contribution in [0.25, 0.3) is 11.4 Å². The van der Waals surface area contributed by atoms with Gasteiger partial charge in [0.2, 0.25) is 11.2 Å². The number of methoxy groups -OCH3 is 1. The standard InChI is InChI=1S/C13H16ClN5O/c1-4-19(5-2)13-17-11(16-12(14)18-13)9-6-10(20-3)8-15-7-9/h6-8H,4-5H2,1-3H3. The Kier molecular flexibility index (Phi) is 4.68. The van der Waals surface area contributed by atoms with Crippen LogP contribution in [0.2, 0.25) is 5.28 Å². The van der Waals surface area contributed by atoms with Crippen molar-refractivity contribution in [1.82, 2.24) is 19.9 Å². The number of pyridine rings is 1. The van der Waals surface area contributed by atoms with E-state index >= 15 is 0 Å². The lowest BCUT2D eigenvalue weighted by Gasteiger charge is -2.18. The minimum atomic E-state index is 0.166. The molecule has 0 N–H and O–H groups in total. The van der Waals surface area contributed by atoms with E-state index in [0.717, 1.165) is 18.7 Å². The topological polar surface area (TPSA) is 64.0 Å². The highest BCUT2D eigenvalue weighted by Crippen LogP contribution is 2.22. The quantitative estimate of drug-likeness (QED) is 0.844. The number of hydrogen-bond donors (Lipinski definition) is 0. The molecule has 2 heterocycles. The highest BCUT2D eigenvalue weighted by Gasteiger charge is 2.12. The Labute approximate surface area is 122 Å². The van der Waals surface area contributed by atoms with Crippen molar-refractivity contribution in [2.24, 2.45) is 0 Å². The summed E-state index contributed by atoms with van der Waals surface area (Å²) in [5.74, 6) is 1.69. The van der Waals surface area contributed by atoms with Crippen molar-refractivity contribution in [3.8, 4) is 17.1 Å². The summed E-state index contributed by atoms with van der Waals surface area (Å²) in [7, 11) is 1.59. The third kappa shape index (κ3) is 3.14. The van der Waals surface area contributed by atoms with Gasteiger partial charge in [-0.25, -0.2) is 0 Å². The van der Waals surface area contributed by atoms with Crippen LogP contribution in [0.3, 0.4) is 0 Å². The van der Waals surface area contributed by atoms with Crippen molar-refractivity contribution in [3.05, 3.63) is 23.7 Å². The Hall–Kier alpha value is -1.95. The van der Waals surface area contributed by atoms with Crippen molar-refractivity contribution >= 4 is 17.5 Å². The first kappa shape index (κ1) is 14.5. The predicted molar refractivity (Wildman–Crippen MR) is 78.2 cm³/mol. The molecular weight excluding hydrogens is 278 g/mol. The van der Waals surface area contributed by atoms with E-state index in [0.29, 0.717) is 17.5 Å². The average molecular weight is 294 g/mol. The van der Waals surface area contributed by atoms with Crippen LogP contribution >= 0.6 is 11.6 Å². The summed E-state index contributed by atoms with van der Waals surface area (Å²) in [4.78, 5) is 18.9. The Bertz CT molecular complexity index is 589. The first-order chi connectivity index (χ1) is 9.67. The van der Waals surface area contributed by atoms with E-state index in [1.54, 1.807) is 19.5 Å². The maximum atomic E-state index is 5.99. The Morgan fingerprint density at radius 2 is 1.90 bits per heavy atom. The van der Waals surface area contributed by atoms with Gasteiger partial charge >= 0.3 is 0 Å². The van der Waals surface area contributed by atoms with Gasteiger partial charge in [0, 0.05) is 24.8 Å². The van der Waals surface area contributed by atoms with Crippen molar-refractivity contribution in [1.29, 1.82) is 0 Å². The monoisotopic (exact) mass is 293 g/mol. The van der Waals surface area contributed by atoms with Gasteiger partial charge in [0.25, 0.3) is 0 Å². The molecular formula is C13H16ClN5O. The molecule has 0 aliphatic rings. The van der Waals surface area contributed by atoms with Crippen LogP contribution in [0.1, 0.15) is 13.8 Å². The van der Waals surface area contributed by atoms with Crippen LogP contribution in [-0.2, 0) is 0 Å². The second-order valence-electron chi connectivity index (χ2n) is 4.01. The van der Waals surface area contributed by atoms with Crippen LogP contribution < -0.4 is 9.64 Å². The molecule has 0 unspecified atom stereocenters. The largest absolute Gasteiger partial charge is 0.495 e. The second kappa shape index (κ2) is 6.47. The molecule has 0 atom stereocenters. The summed E-state index contributed by atoms with van der Waals surface area (Å²) in [5, 5.41) is 0.166. The fraction of sp³-hybridized carbons (Fsp3) is 0.385. The summed E-state index contributed by atoms with van der Waals surface area (Å²) in [6, 6.07) is 1.81. The SMILES string of the molecule is CCN(CC)c1nc(Cl)nc(-c2cncc(OC)c2)n1. The molecule has 20 heavy (non-hydrogen) atoms. The molecule has 0 aliphatic heterocycles. The van der Waals surface area contributed by atoms with Crippen LogP contribution in [0.15, 0.2) is 18.5 Å². The molecule has 0 saturated carbocycles. The third-order valence-corrected chi connectivity index (χ3v) is 3.02. The van der Waals surface area contributed by atoms with Gasteiger partial charge in [-0.2, -0.15) is 15.0 Å². The summed E-state index contributed by atoms with van der Waals surface area (Å²) < 4.78 is 5.15. The highest BCUT2D eigenvalue weighted by atomic mass is 35.5. The summed E-state index contributed by atoms with van der Waals surface area (Å²) in [6.45, 7) is 5.67. The molecule has 0 amide bonds. The number of nitrogens with zero attached hydrogens (tertiary/aromatic N) is 5. The van der Waals surface area contributed by atoms with Gasteiger partial charge in [0.15, 0.2) is 5.82 Å². The molecule has 0 spiro atoms. The Balaban J connectivity index is 2.45. The lowest BCUT2D eigenvalue weighted by Crippen LogP contribution is -2.24. The van der Waals surface area contributed by atoms with E-state index in [4.69, 9.17) is 16.3 Å². The Morgan fingerprint density at radius 3 is 2.55 bits per heavy atom. The molecule has 0 saturated heterocycles. The normalized spacial score (nSPS) is 10.4. The summed E-state index contributed by atoms with van der Waals surface area (Å²) in [5.41, 5.74) is 0.738. The zero-order valence-electron chi connectivity index (χ0n) is 11.7. The zero-order valence-corrected chi connectivity index (χ0v) is 12.4. The van der Waals surface area contributed by atoms with Crippen molar-refractivity contribution in [2.45, 2.75) is 13.8 Å². The van der Waals surface area contributed by atoms with Crippen LogP contribution in [-0.4, -0.2) is 40.1 Å². The lowest BCUT2D eigenvalue weighted by molar-refractivity contribution is 0.413. The van der Waals surface area contributed by atoms with Crippen LogP contribution in [0.4, 0.5) is 5.95 Å². The molecule has 0 fully saturated rings. The van der Waals surface area contributed by atoms with Crippen molar-refractivity contribution in [3.63, 3.8) is 0 Å². The lowest BCUT2D eigenvalue weighted by atomic mass is 10.2. The molecule has 106 valence electrons. The van der Waals surface area contributed by atoms with Gasteiger partial charge in [-0.15, -0.1) is 0 Å². The van der Waals surface area contributed by atoms with Gasteiger partial charge in [-0.3, -0.25) is 4.98 Å². The number of halogens is 1. The molecule has 0 aromatic carbocycles. The molecule has 0 aliphatic carbocycles. The van der Waals surface area contributed by atoms with E-state index in [2.05, 4.69) is 19.9 Å². The first-order valence-corrected chi connectivity index (χ1v) is 6.71. The van der Waals surface area contributed by atoms with Gasteiger partial charge in [0.1, 0.15) is 5.75 Å². The van der Waals surface area contributed by atoms with Crippen molar-refractivity contribution < 1.29 is 4.74 Å². The molecule has 2 rings (SSSR count). The summed E-state index contributed by atoms with van der Waals surface area (Å²) in [6.07, 6.45) is 3.29. The zero-order chi connectivity index (χ0) is 14.5. The second-order valence-corrected chi connectivity index (χ2v) is 4.35. The number of rotatable bonds is 5. The molecule has 2 aromatic rings. The van der Waals surface area contributed by atoms with E-state index in [1.807, 2.05) is 24.8 Å². The Morgan fingerprint density at radius 1 is 1.15 bits per heavy atom. The molecule has 6 nitrogen and oxygen atoms in total. The summed E-state index contributed by atoms with van der Waals surface area (Å²) >= 11 is 5.99. The fourth-order valence-electron chi connectivity index (χ4n) is 1.77. The molecule has 0 bridgehead atoms. The van der Waals surface area contributed by atoms with Gasteiger partial charge in [-0.05, 0) is 31.5 Å². The van der Waals surface area contributed by atoms with Crippen LogP contribution in [0.5, 0.6) is 5.75 Å². The van der Waals surface area contributed by atoms with E-state index in [1.165, 1.54) is 0 Å². The van der Waals surface area contributed by atoms with Gasteiger partial charge in [-0.1, -0.05) is 0 Å². The molecule has 2 aromatic heterocycles. The van der Waals surface area contributed by atoms with E-state index in [-0.39, 0.29) is 5.28 Å². The first-order valence-electron chi connectivity index (χ1n) is 6.33. The maximum absolute atomic E-state index is 5.99. The van der Waals surface area contributed by atoms with Crippen LogP contribution in [0, 0.1) is 0 Å². The minimum absolute atomic E-state index is 0.166. The minimum Gasteiger partial charge on any atom is -0.495 e. The third-order valence-electron chi connectivity index (χ3n) is 2.85. The highest BCUT2D eigenvalue weighted by molar-refractivity contribution is 6.28. The van der Waals surface area contributed by atoms with E-state index < -0.39 is 0 Å². The number of aromatic nitrogens is 4. The number of anilines is 1. The van der Waals surface area contributed by atoms with E-state index in [9.17, 15) is 0 Å². The van der Waals surface area contributed by atoms with Gasteiger partial charge in [0.05, 0.1) is 13.3 Å². The number of ether oxygens (including phenoxy) is 1. The molecule has 0 radical (unpaired) electrons.